The van der Waals surface area contributed by atoms with Crippen molar-refractivity contribution >= 4 is 11.7 Å². The van der Waals surface area contributed by atoms with Crippen LogP contribution in [0.5, 0.6) is 0 Å². The van der Waals surface area contributed by atoms with Gasteiger partial charge >= 0.3 is 0 Å². The summed E-state index contributed by atoms with van der Waals surface area (Å²) in [5.41, 5.74) is 1.33. The summed E-state index contributed by atoms with van der Waals surface area (Å²) in [6.07, 6.45) is 10.8. The summed E-state index contributed by atoms with van der Waals surface area (Å²) in [4.78, 5) is 26.8. The highest BCUT2D eigenvalue weighted by Crippen LogP contribution is 2.28. The maximum atomic E-state index is 12.7. The van der Waals surface area contributed by atoms with Crippen LogP contribution in [0.1, 0.15) is 73.6 Å². The Labute approximate surface area is 148 Å². The lowest BCUT2D eigenvalue weighted by Gasteiger charge is -2.34. The first-order chi connectivity index (χ1) is 11.2. The van der Waals surface area contributed by atoms with Crippen molar-refractivity contribution in [1.82, 2.24) is 4.90 Å². The highest BCUT2D eigenvalue weighted by Gasteiger charge is 2.30. The summed E-state index contributed by atoms with van der Waals surface area (Å²) in [5, 5.41) is 0. The van der Waals surface area contributed by atoms with Gasteiger partial charge in [-0.3, -0.25) is 9.59 Å². The summed E-state index contributed by atoms with van der Waals surface area (Å²) in [7, 11) is 0. The fourth-order valence-corrected chi connectivity index (χ4v) is 3.19. The van der Waals surface area contributed by atoms with Crippen LogP contribution in [0.25, 0.3) is 0 Å². The number of rotatable bonds is 4. The van der Waals surface area contributed by atoms with Gasteiger partial charge in [0.05, 0.1) is 0 Å². The third-order valence-electron chi connectivity index (χ3n) is 5.09. The van der Waals surface area contributed by atoms with E-state index in [9.17, 15) is 9.59 Å². The Morgan fingerprint density at radius 1 is 1.38 bits per heavy atom. The van der Waals surface area contributed by atoms with Crippen molar-refractivity contribution in [3.8, 4) is 0 Å². The van der Waals surface area contributed by atoms with Crippen LogP contribution in [0, 0.1) is 11.3 Å². The largest absolute Gasteiger partial charge is 0.339 e. The molecule has 3 heteroatoms. The van der Waals surface area contributed by atoms with Gasteiger partial charge in [-0.2, -0.15) is 0 Å². The van der Waals surface area contributed by atoms with Gasteiger partial charge in [-0.05, 0) is 44.1 Å². The molecule has 1 amide bonds. The van der Waals surface area contributed by atoms with Crippen LogP contribution < -0.4 is 0 Å². The quantitative estimate of drug-likeness (QED) is 0.685. The summed E-state index contributed by atoms with van der Waals surface area (Å²) in [5.74, 6) is 0.0491. The summed E-state index contributed by atoms with van der Waals surface area (Å²) >= 11 is 0. The Morgan fingerprint density at radius 2 is 2.04 bits per heavy atom. The van der Waals surface area contributed by atoms with Gasteiger partial charge in [0.2, 0.25) is 5.91 Å². The van der Waals surface area contributed by atoms with Crippen molar-refractivity contribution in [2.45, 2.75) is 79.7 Å². The molecule has 0 saturated heterocycles. The Kier molecular flexibility index (Phi) is 7.92. The maximum absolute atomic E-state index is 12.7. The second kappa shape index (κ2) is 9.19. The molecule has 136 valence electrons. The molecule has 0 heterocycles. The third-order valence-corrected chi connectivity index (χ3v) is 5.09. The highest BCUT2D eigenvalue weighted by molar-refractivity contribution is 5.92. The Bertz CT molecular complexity index is 502. The second-order valence-corrected chi connectivity index (χ2v) is 7.94. The lowest BCUT2D eigenvalue weighted by Crippen LogP contribution is -2.45. The number of carbonyl (C=O) groups excluding carboxylic acids is 2. The summed E-state index contributed by atoms with van der Waals surface area (Å²) in [6.45, 7) is 12.9. The average Bonchev–Trinajstić information content (AvgIpc) is 2.53. The molecular formula is C21H35NO2. The molecule has 0 aromatic heterocycles. The van der Waals surface area contributed by atoms with Crippen molar-refractivity contribution in [2.75, 3.05) is 6.54 Å². The first-order valence-electron chi connectivity index (χ1n) is 9.34. The molecule has 0 aliphatic heterocycles. The Hall–Kier alpha value is -1.38. The number of nitrogens with zero attached hydrogens (tertiary/aromatic N) is 1. The van der Waals surface area contributed by atoms with E-state index in [-0.39, 0.29) is 29.1 Å². The van der Waals surface area contributed by atoms with Crippen LogP contribution in [0.4, 0.5) is 0 Å². The van der Waals surface area contributed by atoms with Crippen molar-refractivity contribution < 1.29 is 9.59 Å². The van der Waals surface area contributed by atoms with E-state index in [1.807, 2.05) is 17.9 Å². The van der Waals surface area contributed by atoms with E-state index in [4.69, 9.17) is 0 Å². The predicted molar refractivity (Wildman–Crippen MR) is 101 cm³/mol. The maximum Gasteiger partial charge on any atom is 0.219 e. The minimum atomic E-state index is -0.163. The van der Waals surface area contributed by atoms with Crippen molar-refractivity contribution in [3.63, 3.8) is 0 Å². The molecule has 24 heavy (non-hydrogen) atoms. The molecule has 0 saturated carbocycles. The van der Waals surface area contributed by atoms with E-state index in [0.717, 1.165) is 38.6 Å². The molecule has 0 spiro atoms. The van der Waals surface area contributed by atoms with E-state index in [1.165, 1.54) is 5.57 Å². The number of ketones is 1. The molecule has 0 aromatic carbocycles. The first-order valence-corrected chi connectivity index (χ1v) is 9.34. The zero-order chi connectivity index (χ0) is 18.3. The smallest absolute Gasteiger partial charge is 0.219 e. The number of amides is 1. The molecular weight excluding hydrogens is 298 g/mol. The van der Waals surface area contributed by atoms with Crippen LogP contribution in [-0.4, -0.2) is 29.2 Å². The van der Waals surface area contributed by atoms with Crippen LogP contribution in [0.3, 0.4) is 0 Å². The monoisotopic (exact) mass is 333 g/mol. The number of unbranched alkanes of at least 4 members (excludes halogenated alkanes) is 1. The zero-order valence-electron chi connectivity index (χ0n) is 16.4. The molecule has 0 unspecified atom stereocenters. The van der Waals surface area contributed by atoms with Crippen LogP contribution in [0.15, 0.2) is 23.8 Å². The second-order valence-electron chi connectivity index (χ2n) is 7.94. The molecule has 0 aromatic rings. The van der Waals surface area contributed by atoms with Gasteiger partial charge in [0, 0.05) is 25.4 Å². The Balaban J connectivity index is 3.12. The molecule has 0 fully saturated rings. The van der Waals surface area contributed by atoms with Crippen LogP contribution in [0.2, 0.25) is 0 Å². The minimum absolute atomic E-state index is 0.0149. The van der Waals surface area contributed by atoms with Crippen molar-refractivity contribution in [1.29, 1.82) is 0 Å². The molecule has 1 aliphatic carbocycles. The van der Waals surface area contributed by atoms with Crippen molar-refractivity contribution in [2.24, 2.45) is 11.3 Å². The van der Waals surface area contributed by atoms with Gasteiger partial charge in [0.1, 0.15) is 0 Å². The van der Waals surface area contributed by atoms with Gasteiger partial charge < -0.3 is 4.90 Å². The fourth-order valence-electron chi connectivity index (χ4n) is 3.19. The van der Waals surface area contributed by atoms with E-state index in [2.05, 4.69) is 33.8 Å². The lowest BCUT2D eigenvalue weighted by atomic mass is 9.87. The van der Waals surface area contributed by atoms with Gasteiger partial charge in [0.25, 0.3) is 0 Å². The van der Waals surface area contributed by atoms with E-state index in [1.54, 1.807) is 13.0 Å². The fraction of sp³-hybridized carbons (Fsp3) is 0.714. The predicted octanol–water partition coefficient (Wildman–Crippen LogP) is 4.92. The molecule has 0 radical (unpaired) electrons. The van der Waals surface area contributed by atoms with Crippen LogP contribution in [-0.2, 0) is 9.59 Å². The van der Waals surface area contributed by atoms with Crippen molar-refractivity contribution in [3.05, 3.63) is 23.8 Å². The zero-order valence-corrected chi connectivity index (χ0v) is 16.4. The third kappa shape index (κ3) is 6.26. The van der Waals surface area contributed by atoms with Gasteiger partial charge in [-0.15, -0.1) is 0 Å². The number of hydrogen-bond acceptors (Lipinski definition) is 2. The number of carbonyl (C=O) groups is 2. The molecule has 0 bridgehead atoms. The summed E-state index contributed by atoms with van der Waals surface area (Å²) in [6, 6.07) is -0.0178. The Morgan fingerprint density at radius 3 is 2.62 bits per heavy atom. The van der Waals surface area contributed by atoms with E-state index in [0.29, 0.717) is 0 Å². The van der Waals surface area contributed by atoms with Gasteiger partial charge in [0.15, 0.2) is 5.78 Å². The van der Waals surface area contributed by atoms with E-state index >= 15 is 0 Å². The summed E-state index contributed by atoms with van der Waals surface area (Å²) < 4.78 is 0. The molecule has 3 nitrogen and oxygen atoms in total. The van der Waals surface area contributed by atoms with Gasteiger partial charge in [-0.1, -0.05) is 51.8 Å². The lowest BCUT2D eigenvalue weighted by molar-refractivity contribution is -0.134. The normalized spacial score (nSPS) is 28.4. The molecule has 1 rings (SSSR count). The van der Waals surface area contributed by atoms with Gasteiger partial charge in [-0.25, -0.2) is 0 Å². The van der Waals surface area contributed by atoms with Crippen LogP contribution >= 0.6 is 0 Å². The SMILES string of the molecule is CCCCN(C(C)=O)[C@@H]1CC/C(C)=C/CC(C)(C)/C=C/C(=O)[C@@H]1C. The molecule has 2 atom stereocenters. The highest BCUT2D eigenvalue weighted by atomic mass is 16.2. The number of allylic oxidation sites excluding steroid dienone is 4. The topological polar surface area (TPSA) is 37.4 Å². The average molecular weight is 334 g/mol. The first kappa shape index (κ1) is 20.7. The number of hydrogen-bond donors (Lipinski definition) is 0. The molecule has 1 aliphatic rings. The molecule has 0 N–H and O–H groups in total. The minimum Gasteiger partial charge on any atom is -0.339 e. The standard InChI is InChI=1S/C21H35NO2/c1-7-8-15-22(18(4)23)19-10-9-16(2)11-13-21(5,6)14-12-20(24)17(19)3/h11-12,14,17,19H,7-10,13,15H2,1-6H3/b14-12+,16-11+/t17-,19-/m1/s1. The van der Waals surface area contributed by atoms with E-state index < -0.39 is 0 Å².